The highest BCUT2D eigenvalue weighted by Crippen LogP contribution is 2.23. The summed E-state index contributed by atoms with van der Waals surface area (Å²) in [6.45, 7) is 4.59. The van der Waals surface area contributed by atoms with Crippen LogP contribution < -0.4 is 20.7 Å². The van der Waals surface area contributed by atoms with Crippen LogP contribution in [0.4, 0.5) is 33.2 Å². The minimum absolute atomic E-state index is 0.0409. The Hall–Kier alpha value is -3.66. The van der Waals surface area contributed by atoms with Crippen LogP contribution in [-0.2, 0) is 9.84 Å². The molecule has 0 aliphatic rings. The Balaban J connectivity index is 1.61. The van der Waals surface area contributed by atoms with Crippen molar-refractivity contribution in [2.75, 3.05) is 41.1 Å². The standard InChI is InChI=1S/C23H26FN5O3S/c1-3-12-25-18-6-4-7-19(15-18)27-22-21(24)16-26-23(29-22)28-17-8-10-20(11-9-17)32-13-5-14-33(2,30)31/h3-4,6-11,15-16,25H,1,5,12-14H2,2H3,(H2,26,27,28,29). The Morgan fingerprint density at radius 1 is 1.09 bits per heavy atom. The van der Waals surface area contributed by atoms with Crippen LogP contribution in [0.5, 0.6) is 5.75 Å². The van der Waals surface area contributed by atoms with Crippen LogP contribution in [-0.4, -0.2) is 43.5 Å². The Labute approximate surface area is 192 Å². The molecule has 1 heterocycles. The van der Waals surface area contributed by atoms with Gasteiger partial charge in [-0.1, -0.05) is 12.1 Å². The predicted octanol–water partition coefficient (Wildman–Crippen LogP) is 4.51. The van der Waals surface area contributed by atoms with Crippen molar-refractivity contribution in [1.29, 1.82) is 0 Å². The zero-order valence-electron chi connectivity index (χ0n) is 18.2. The Morgan fingerprint density at radius 3 is 2.58 bits per heavy atom. The maximum Gasteiger partial charge on any atom is 0.229 e. The van der Waals surface area contributed by atoms with E-state index in [2.05, 4.69) is 32.5 Å². The topological polar surface area (TPSA) is 105 Å². The van der Waals surface area contributed by atoms with Crippen LogP contribution in [0.1, 0.15) is 6.42 Å². The van der Waals surface area contributed by atoms with Gasteiger partial charge in [-0.05, 0) is 48.9 Å². The molecule has 0 amide bonds. The van der Waals surface area contributed by atoms with Gasteiger partial charge in [0, 0.05) is 29.9 Å². The van der Waals surface area contributed by atoms with E-state index in [4.69, 9.17) is 4.74 Å². The van der Waals surface area contributed by atoms with Gasteiger partial charge in [-0.15, -0.1) is 6.58 Å². The first-order valence-corrected chi connectivity index (χ1v) is 12.3. The van der Waals surface area contributed by atoms with E-state index in [1.165, 1.54) is 6.26 Å². The number of sulfone groups is 1. The number of anilines is 5. The first-order valence-electron chi connectivity index (χ1n) is 10.2. The molecule has 1 aromatic heterocycles. The lowest BCUT2D eigenvalue weighted by atomic mass is 10.2. The Morgan fingerprint density at radius 2 is 1.85 bits per heavy atom. The summed E-state index contributed by atoms with van der Waals surface area (Å²) in [7, 11) is -3.00. The second kappa shape index (κ2) is 11.3. The lowest BCUT2D eigenvalue weighted by Crippen LogP contribution is -2.08. The molecule has 0 saturated carbocycles. The molecule has 0 unspecified atom stereocenters. The third kappa shape index (κ3) is 8.08. The maximum absolute atomic E-state index is 14.3. The fourth-order valence-electron chi connectivity index (χ4n) is 2.82. The van der Waals surface area contributed by atoms with E-state index in [-0.39, 0.29) is 17.5 Å². The minimum Gasteiger partial charge on any atom is -0.494 e. The van der Waals surface area contributed by atoms with Gasteiger partial charge in [0.1, 0.15) is 15.6 Å². The highest BCUT2D eigenvalue weighted by molar-refractivity contribution is 7.90. The Kier molecular flexibility index (Phi) is 8.20. The molecule has 33 heavy (non-hydrogen) atoms. The van der Waals surface area contributed by atoms with Crippen LogP contribution >= 0.6 is 0 Å². The van der Waals surface area contributed by atoms with Crippen LogP contribution in [0.15, 0.2) is 67.4 Å². The van der Waals surface area contributed by atoms with Crippen molar-refractivity contribution in [1.82, 2.24) is 9.97 Å². The molecule has 0 saturated heterocycles. The first-order chi connectivity index (χ1) is 15.8. The van der Waals surface area contributed by atoms with E-state index < -0.39 is 15.7 Å². The zero-order valence-corrected chi connectivity index (χ0v) is 19.0. The molecule has 0 radical (unpaired) electrons. The van der Waals surface area contributed by atoms with E-state index in [9.17, 15) is 12.8 Å². The average Bonchev–Trinajstić information content (AvgIpc) is 2.78. The summed E-state index contributed by atoms with van der Waals surface area (Å²) in [4.78, 5) is 8.22. The summed E-state index contributed by atoms with van der Waals surface area (Å²) in [5, 5.41) is 9.16. The third-order valence-corrected chi connectivity index (χ3v) is 5.39. The molecular weight excluding hydrogens is 445 g/mol. The van der Waals surface area contributed by atoms with Gasteiger partial charge in [0.25, 0.3) is 0 Å². The van der Waals surface area contributed by atoms with E-state index in [0.29, 0.717) is 36.7 Å². The van der Waals surface area contributed by atoms with Crippen molar-refractivity contribution in [3.63, 3.8) is 0 Å². The van der Waals surface area contributed by atoms with Crippen LogP contribution in [0.25, 0.3) is 0 Å². The zero-order chi connectivity index (χ0) is 23.7. The molecule has 3 N–H and O–H groups in total. The van der Waals surface area contributed by atoms with Crippen molar-refractivity contribution < 1.29 is 17.5 Å². The quantitative estimate of drug-likeness (QED) is 0.262. The molecule has 0 aliphatic carbocycles. The number of nitrogens with one attached hydrogen (secondary N) is 3. The van der Waals surface area contributed by atoms with Gasteiger partial charge in [0.15, 0.2) is 11.6 Å². The highest BCUT2D eigenvalue weighted by Gasteiger charge is 2.09. The van der Waals surface area contributed by atoms with Crippen molar-refractivity contribution in [3.05, 3.63) is 73.2 Å². The summed E-state index contributed by atoms with van der Waals surface area (Å²) in [6, 6.07) is 14.4. The van der Waals surface area contributed by atoms with Gasteiger partial charge in [0.2, 0.25) is 5.95 Å². The van der Waals surface area contributed by atoms with Gasteiger partial charge < -0.3 is 20.7 Å². The molecule has 174 valence electrons. The fourth-order valence-corrected chi connectivity index (χ4v) is 3.47. The average molecular weight is 472 g/mol. The van der Waals surface area contributed by atoms with E-state index in [1.807, 2.05) is 24.3 Å². The molecule has 0 bridgehead atoms. The largest absolute Gasteiger partial charge is 0.494 e. The maximum atomic E-state index is 14.3. The molecule has 10 heteroatoms. The predicted molar refractivity (Wildman–Crippen MR) is 130 cm³/mol. The fraction of sp³-hybridized carbons (Fsp3) is 0.217. The summed E-state index contributed by atoms with van der Waals surface area (Å²) in [5.74, 6) is 0.380. The summed E-state index contributed by atoms with van der Waals surface area (Å²) in [6.07, 6.45) is 4.46. The molecule has 0 fully saturated rings. The molecule has 8 nitrogen and oxygen atoms in total. The van der Waals surface area contributed by atoms with Crippen LogP contribution in [0.2, 0.25) is 0 Å². The number of nitrogens with zero attached hydrogens (tertiary/aromatic N) is 2. The van der Waals surface area contributed by atoms with Crippen molar-refractivity contribution in [2.45, 2.75) is 6.42 Å². The highest BCUT2D eigenvalue weighted by atomic mass is 32.2. The minimum atomic E-state index is -3.00. The normalized spacial score (nSPS) is 11.0. The molecule has 0 atom stereocenters. The van der Waals surface area contributed by atoms with E-state index >= 15 is 0 Å². The number of halogens is 1. The molecule has 2 aromatic carbocycles. The van der Waals surface area contributed by atoms with E-state index in [1.54, 1.807) is 30.3 Å². The molecule has 3 rings (SSSR count). The third-order valence-electron chi connectivity index (χ3n) is 4.36. The van der Waals surface area contributed by atoms with Crippen molar-refractivity contribution in [2.24, 2.45) is 0 Å². The molecule has 0 spiro atoms. The lowest BCUT2D eigenvalue weighted by molar-refractivity contribution is 0.318. The summed E-state index contributed by atoms with van der Waals surface area (Å²) >= 11 is 0. The number of aromatic nitrogens is 2. The van der Waals surface area contributed by atoms with Gasteiger partial charge >= 0.3 is 0 Å². The lowest BCUT2D eigenvalue weighted by Gasteiger charge is -2.11. The van der Waals surface area contributed by atoms with Gasteiger partial charge in [-0.2, -0.15) is 4.98 Å². The number of rotatable bonds is 12. The first kappa shape index (κ1) is 24.0. The molecular formula is C23H26FN5O3S. The van der Waals surface area contributed by atoms with Gasteiger partial charge in [-0.25, -0.2) is 17.8 Å². The van der Waals surface area contributed by atoms with Crippen LogP contribution in [0.3, 0.4) is 0 Å². The van der Waals surface area contributed by atoms with Gasteiger partial charge in [-0.3, -0.25) is 0 Å². The SMILES string of the molecule is C=CCNc1cccc(Nc2nc(Nc3ccc(OCCCS(C)(=O)=O)cc3)ncc2F)c1. The molecule has 3 aromatic rings. The number of benzene rings is 2. The summed E-state index contributed by atoms with van der Waals surface area (Å²) in [5.41, 5.74) is 2.22. The van der Waals surface area contributed by atoms with E-state index in [0.717, 1.165) is 11.9 Å². The van der Waals surface area contributed by atoms with Crippen molar-refractivity contribution >= 4 is 38.7 Å². The Bertz CT molecular complexity index is 1190. The summed E-state index contributed by atoms with van der Waals surface area (Å²) < 4.78 is 42.1. The number of hydrogen-bond acceptors (Lipinski definition) is 8. The number of ether oxygens (including phenoxy) is 1. The molecule has 0 aliphatic heterocycles. The second-order valence-electron chi connectivity index (χ2n) is 7.25. The van der Waals surface area contributed by atoms with Gasteiger partial charge in [0.05, 0.1) is 18.6 Å². The second-order valence-corrected chi connectivity index (χ2v) is 9.51. The van der Waals surface area contributed by atoms with Crippen LogP contribution in [0, 0.1) is 5.82 Å². The smallest absolute Gasteiger partial charge is 0.229 e. The van der Waals surface area contributed by atoms with Crippen molar-refractivity contribution in [3.8, 4) is 5.75 Å². The monoisotopic (exact) mass is 471 g/mol. The number of hydrogen-bond donors (Lipinski definition) is 3.